The first-order valence-corrected chi connectivity index (χ1v) is 6.71. The molecule has 3 N–H and O–H groups in total. The van der Waals surface area contributed by atoms with Gasteiger partial charge in [0.1, 0.15) is 6.54 Å². The highest BCUT2D eigenvalue weighted by Gasteiger charge is 2.22. The van der Waals surface area contributed by atoms with Crippen LogP contribution in [0.5, 0.6) is 0 Å². The van der Waals surface area contributed by atoms with Gasteiger partial charge in [0.25, 0.3) is 0 Å². The van der Waals surface area contributed by atoms with Crippen LogP contribution in [0.25, 0.3) is 0 Å². The van der Waals surface area contributed by atoms with Crippen molar-refractivity contribution in [2.75, 3.05) is 18.1 Å². The lowest BCUT2D eigenvalue weighted by molar-refractivity contribution is -0.121. The quantitative estimate of drug-likeness (QED) is 0.586. The summed E-state index contributed by atoms with van der Waals surface area (Å²) in [6.45, 7) is 3.38. The van der Waals surface area contributed by atoms with Crippen LogP contribution < -0.4 is 11.1 Å². The Kier molecular flexibility index (Phi) is 6.00. The number of amides is 1. The van der Waals surface area contributed by atoms with E-state index in [-0.39, 0.29) is 24.0 Å². The van der Waals surface area contributed by atoms with Crippen LogP contribution in [-0.2, 0) is 14.6 Å². The van der Waals surface area contributed by atoms with E-state index in [1.165, 1.54) is 0 Å². The van der Waals surface area contributed by atoms with Crippen LogP contribution in [0, 0.1) is 17.2 Å². The molecule has 7 heteroatoms. The minimum Gasteiger partial charge on any atom is -0.342 e. The van der Waals surface area contributed by atoms with Gasteiger partial charge in [-0.2, -0.15) is 5.26 Å². The zero-order chi connectivity index (χ0) is 12.8. The Bertz CT molecular complexity index is 370. The molecule has 0 aliphatic heterocycles. The summed E-state index contributed by atoms with van der Waals surface area (Å²) in [5, 5.41) is 10.4. The second kappa shape index (κ2) is 6.45. The van der Waals surface area contributed by atoms with Gasteiger partial charge in [0.15, 0.2) is 9.84 Å². The molecule has 0 radical (unpaired) electrons. The number of nitrogens with zero attached hydrogens (tertiary/aromatic N) is 1. The van der Waals surface area contributed by atoms with E-state index in [4.69, 9.17) is 11.0 Å². The average Bonchev–Trinajstić information content (AvgIpc) is 2.10. The zero-order valence-corrected chi connectivity index (χ0v) is 10.3. The third-order valence-electron chi connectivity index (χ3n) is 1.70. The third kappa shape index (κ3) is 6.37. The van der Waals surface area contributed by atoms with E-state index < -0.39 is 21.8 Å². The predicted molar refractivity (Wildman–Crippen MR) is 60.1 cm³/mol. The number of hydrogen-bond donors (Lipinski definition) is 2. The molecule has 0 aromatic heterocycles. The first-order chi connectivity index (χ1) is 7.28. The Morgan fingerprint density at radius 1 is 1.44 bits per heavy atom. The molecule has 0 saturated heterocycles. The molecule has 0 aliphatic rings. The van der Waals surface area contributed by atoms with Gasteiger partial charge in [0, 0.05) is 0 Å². The van der Waals surface area contributed by atoms with Gasteiger partial charge in [-0.05, 0) is 5.92 Å². The Balaban J connectivity index is 4.29. The molecule has 0 aliphatic carbocycles. The average molecular weight is 247 g/mol. The Morgan fingerprint density at radius 3 is 2.44 bits per heavy atom. The van der Waals surface area contributed by atoms with Crippen molar-refractivity contribution in [3.8, 4) is 6.07 Å². The fraction of sp³-hybridized carbons (Fsp3) is 0.778. The predicted octanol–water partition coefficient (Wildman–Crippen LogP) is -0.976. The zero-order valence-electron chi connectivity index (χ0n) is 9.43. The second-order valence-corrected chi connectivity index (χ2v) is 6.11. The van der Waals surface area contributed by atoms with Crippen LogP contribution in [0.4, 0.5) is 0 Å². The summed E-state index contributed by atoms with van der Waals surface area (Å²) in [4.78, 5) is 11.2. The lowest BCUT2D eigenvalue weighted by Crippen LogP contribution is -2.45. The summed E-state index contributed by atoms with van der Waals surface area (Å²) < 4.78 is 23.0. The van der Waals surface area contributed by atoms with Crippen LogP contribution in [0.15, 0.2) is 0 Å². The lowest BCUT2D eigenvalue weighted by Gasteiger charge is -2.12. The molecular formula is C9H17N3O3S. The molecule has 1 amide bonds. The molecule has 0 bridgehead atoms. The van der Waals surface area contributed by atoms with Crippen molar-refractivity contribution in [3.05, 3.63) is 0 Å². The molecule has 0 saturated carbocycles. The van der Waals surface area contributed by atoms with E-state index in [2.05, 4.69) is 5.32 Å². The molecule has 0 rings (SSSR count). The van der Waals surface area contributed by atoms with Crippen molar-refractivity contribution in [1.29, 1.82) is 5.26 Å². The van der Waals surface area contributed by atoms with Crippen LogP contribution in [0.3, 0.4) is 0 Å². The number of carbonyl (C=O) groups is 1. The largest absolute Gasteiger partial charge is 0.342 e. The second-order valence-electron chi connectivity index (χ2n) is 3.95. The molecule has 1 atom stereocenters. The number of sulfone groups is 1. The molecule has 92 valence electrons. The first-order valence-electron chi connectivity index (χ1n) is 4.89. The summed E-state index contributed by atoms with van der Waals surface area (Å²) in [5.74, 6) is -0.998. The molecule has 0 heterocycles. The van der Waals surface area contributed by atoms with Gasteiger partial charge < -0.3 is 11.1 Å². The van der Waals surface area contributed by atoms with Gasteiger partial charge in [-0.15, -0.1) is 0 Å². The third-order valence-corrected chi connectivity index (χ3v) is 3.74. The molecular weight excluding hydrogens is 230 g/mol. The summed E-state index contributed by atoms with van der Waals surface area (Å²) in [7, 11) is -3.32. The molecule has 0 fully saturated rings. The number of hydrogen-bond acceptors (Lipinski definition) is 5. The number of nitrogens with two attached hydrogens (primary N) is 1. The Morgan fingerprint density at radius 2 is 2.00 bits per heavy atom. The summed E-state index contributed by atoms with van der Waals surface area (Å²) in [6.07, 6.45) is 0. The van der Waals surface area contributed by atoms with E-state index in [9.17, 15) is 13.2 Å². The first kappa shape index (κ1) is 14.9. The highest BCUT2D eigenvalue weighted by atomic mass is 32.2. The van der Waals surface area contributed by atoms with Crippen LogP contribution in [-0.4, -0.2) is 38.4 Å². The van der Waals surface area contributed by atoms with Crippen LogP contribution in [0.2, 0.25) is 0 Å². The highest BCUT2D eigenvalue weighted by molar-refractivity contribution is 7.91. The van der Waals surface area contributed by atoms with E-state index >= 15 is 0 Å². The topological polar surface area (TPSA) is 113 Å². The van der Waals surface area contributed by atoms with Crippen LogP contribution in [0.1, 0.15) is 13.8 Å². The molecule has 6 nitrogen and oxygen atoms in total. The van der Waals surface area contributed by atoms with E-state index in [0.717, 1.165) is 0 Å². The molecule has 0 unspecified atom stereocenters. The summed E-state index contributed by atoms with van der Waals surface area (Å²) in [6, 6.07) is 0.598. The molecule has 0 aromatic carbocycles. The maximum Gasteiger partial charge on any atom is 0.238 e. The normalized spacial score (nSPS) is 13.2. The summed E-state index contributed by atoms with van der Waals surface area (Å²) in [5.41, 5.74) is 5.42. The SMILES string of the molecule is CC(C)CS(=O)(=O)C[C@H](N)C(=O)NCC#N. The number of nitriles is 1. The van der Waals surface area contributed by atoms with Gasteiger partial charge in [-0.3, -0.25) is 4.79 Å². The van der Waals surface area contributed by atoms with E-state index in [1.807, 2.05) is 0 Å². The maximum atomic E-state index is 11.5. The number of nitrogens with one attached hydrogen (secondary N) is 1. The maximum absolute atomic E-state index is 11.5. The van der Waals surface area contributed by atoms with Crippen LogP contribution >= 0.6 is 0 Å². The summed E-state index contributed by atoms with van der Waals surface area (Å²) >= 11 is 0. The van der Waals surface area contributed by atoms with Crippen molar-refractivity contribution in [1.82, 2.24) is 5.32 Å². The minimum atomic E-state index is -3.32. The Hall–Kier alpha value is -1.13. The van der Waals surface area contributed by atoms with Crippen molar-refractivity contribution in [2.24, 2.45) is 11.7 Å². The van der Waals surface area contributed by atoms with Gasteiger partial charge in [-0.1, -0.05) is 13.8 Å². The molecule has 0 spiro atoms. The van der Waals surface area contributed by atoms with Crippen molar-refractivity contribution < 1.29 is 13.2 Å². The number of rotatable bonds is 6. The standard InChI is InChI=1S/C9H17N3O3S/c1-7(2)5-16(14,15)6-8(11)9(13)12-4-3-10/h7-8H,4-6,11H2,1-2H3,(H,12,13)/t8-/m0/s1. The van der Waals surface area contributed by atoms with Crippen molar-refractivity contribution in [2.45, 2.75) is 19.9 Å². The highest BCUT2D eigenvalue weighted by Crippen LogP contribution is 2.02. The minimum absolute atomic E-state index is 0.000584. The fourth-order valence-electron chi connectivity index (χ4n) is 1.18. The van der Waals surface area contributed by atoms with Crippen molar-refractivity contribution in [3.63, 3.8) is 0 Å². The molecule has 16 heavy (non-hydrogen) atoms. The smallest absolute Gasteiger partial charge is 0.238 e. The van der Waals surface area contributed by atoms with Gasteiger partial charge in [-0.25, -0.2) is 8.42 Å². The number of carbonyl (C=O) groups excluding carboxylic acids is 1. The monoisotopic (exact) mass is 247 g/mol. The van der Waals surface area contributed by atoms with E-state index in [1.54, 1.807) is 19.9 Å². The van der Waals surface area contributed by atoms with Gasteiger partial charge in [0.05, 0.1) is 23.6 Å². The van der Waals surface area contributed by atoms with Gasteiger partial charge in [0.2, 0.25) is 5.91 Å². The lowest BCUT2D eigenvalue weighted by atomic mass is 10.3. The Labute approximate surface area is 95.7 Å². The van der Waals surface area contributed by atoms with Gasteiger partial charge >= 0.3 is 0 Å². The molecule has 0 aromatic rings. The van der Waals surface area contributed by atoms with E-state index in [0.29, 0.717) is 0 Å². The van der Waals surface area contributed by atoms with Crippen molar-refractivity contribution >= 4 is 15.7 Å². The fourth-order valence-corrected chi connectivity index (χ4v) is 3.03.